The number of thioether (sulfide) groups is 1. The standard InChI is InChI=1S/C14H15N3OS2/c18-14(13-15-5-2-6-16-13)17-7-4-12(20-10-8-17)11-3-1-9-19-11/h1-3,5-6,9,12H,4,7-8,10H2/t12-/m0/s1. The van der Waals surface area contributed by atoms with E-state index >= 15 is 0 Å². The number of aromatic nitrogens is 2. The smallest absolute Gasteiger partial charge is 0.291 e. The van der Waals surface area contributed by atoms with Gasteiger partial charge in [-0.25, -0.2) is 9.97 Å². The van der Waals surface area contributed by atoms with Crippen molar-refractivity contribution in [1.29, 1.82) is 0 Å². The Morgan fingerprint density at radius 1 is 1.25 bits per heavy atom. The molecule has 1 atom stereocenters. The zero-order chi connectivity index (χ0) is 13.8. The highest BCUT2D eigenvalue weighted by molar-refractivity contribution is 7.99. The van der Waals surface area contributed by atoms with Crippen molar-refractivity contribution in [3.05, 3.63) is 46.7 Å². The van der Waals surface area contributed by atoms with Crippen LogP contribution in [0.15, 0.2) is 36.0 Å². The number of carbonyl (C=O) groups excluding carboxylic acids is 1. The molecule has 1 aliphatic heterocycles. The van der Waals surface area contributed by atoms with Gasteiger partial charge in [-0.05, 0) is 23.9 Å². The van der Waals surface area contributed by atoms with Crippen molar-refractivity contribution < 1.29 is 4.79 Å². The molecule has 0 aromatic carbocycles. The van der Waals surface area contributed by atoms with Crippen LogP contribution in [0.1, 0.15) is 27.2 Å². The minimum Gasteiger partial charge on any atom is -0.335 e. The number of thiophene rings is 1. The van der Waals surface area contributed by atoms with E-state index in [1.165, 1.54) is 4.88 Å². The van der Waals surface area contributed by atoms with E-state index in [2.05, 4.69) is 27.5 Å². The molecule has 0 aliphatic carbocycles. The molecule has 2 aromatic heterocycles. The van der Waals surface area contributed by atoms with Crippen molar-refractivity contribution in [2.75, 3.05) is 18.8 Å². The van der Waals surface area contributed by atoms with Crippen LogP contribution in [0.3, 0.4) is 0 Å². The van der Waals surface area contributed by atoms with Crippen molar-refractivity contribution in [3.63, 3.8) is 0 Å². The summed E-state index contributed by atoms with van der Waals surface area (Å²) < 4.78 is 0. The van der Waals surface area contributed by atoms with Crippen molar-refractivity contribution >= 4 is 29.0 Å². The number of rotatable bonds is 2. The lowest BCUT2D eigenvalue weighted by molar-refractivity contribution is 0.0754. The average molecular weight is 305 g/mol. The number of hydrogen-bond acceptors (Lipinski definition) is 5. The average Bonchev–Trinajstić information content (AvgIpc) is 2.92. The molecule has 20 heavy (non-hydrogen) atoms. The molecule has 1 amide bonds. The molecule has 4 nitrogen and oxygen atoms in total. The number of hydrogen-bond donors (Lipinski definition) is 0. The second-order valence-electron chi connectivity index (χ2n) is 4.53. The van der Waals surface area contributed by atoms with Crippen LogP contribution in [0, 0.1) is 0 Å². The maximum Gasteiger partial charge on any atom is 0.291 e. The lowest BCUT2D eigenvalue weighted by atomic mass is 10.2. The zero-order valence-electron chi connectivity index (χ0n) is 10.9. The summed E-state index contributed by atoms with van der Waals surface area (Å²) in [7, 11) is 0. The van der Waals surface area contributed by atoms with Gasteiger partial charge < -0.3 is 4.90 Å². The van der Waals surface area contributed by atoms with E-state index in [0.717, 1.165) is 25.3 Å². The fourth-order valence-electron chi connectivity index (χ4n) is 2.23. The van der Waals surface area contributed by atoms with E-state index in [1.807, 2.05) is 16.7 Å². The molecule has 3 heterocycles. The van der Waals surface area contributed by atoms with Crippen LogP contribution in [0.5, 0.6) is 0 Å². The maximum absolute atomic E-state index is 12.3. The summed E-state index contributed by atoms with van der Waals surface area (Å²) in [6.45, 7) is 1.54. The Morgan fingerprint density at radius 3 is 2.85 bits per heavy atom. The molecule has 0 spiro atoms. The maximum atomic E-state index is 12.3. The van der Waals surface area contributed by atoms with Gasteiger partial charge in [-0.1, -0.05) is 6.07 Å². The number of nitrogens with zero attached hydrogens (tertiary/aromatic N) is 3. The van der Waals surface area contributed by atoms with Gasteiger partial charge in [0.05, 0.1) is 0 Å². The zero-order valence-corrected chi connectivity index (χ0v) is 12.6. The van der Waals surface area contributed by atoms with Gasteiger partial charge in [-0.2, -0.15) is 11.8 Å². The molecule has 3 rings (SSSR count). The SMILES string of the molecule is O=C(c1ncccn1)N1CCS[C@H](c2cccs2)CC1. The molecule has 2 aromatic rings. The van der Waals surface area contributed by atoms with Crippen molar-refractivity contribution in [3.8, 4) is 0 Å². The van der Waals surface area contributed by atoms with Gasteiger partial charge in [-0.15, -0.1) is 11.3 Å². The van der Waals surface area contributed by atoms with Gasteiger partial charge >= 0.3 is 0 Å². The van der Waals surface area contributed by atoms with Crippen LogP contribution in [0.4, 0.5) is 0 Å². The fourth-order valence-corrected chi connectivity index (χ4v) is 4.46. The summed E-state index contributed by atoms with van der Waals surface area (Å²) in [4.78, 5) is 23.7. The van der Waals surface area contributed by atoms with Crippen LogP contribution < -0.4 is 0 Å². The first-order chi connectivity index (χ1) is 9.84. The quantitative estimate of drug-likeness (QED) is 0.856. The lowest BCUT2D eigenvalue weighted by Gasteiger charge is -2.18. The van der Waals surface area contributed by atoms with E-state index < -0.39 is 0 Å². The highest BCUT2D eigenvalue weighted by atomic mass is 32.2. The van der Waals surface area contributed by atoms with Gasteiger partial charge in [0.2, 0.25) is 5.82 Å². The van der Waals surface area contributed by atoms with Gasteiger partial charge in [0.1, 0.15) is 0 Å². The second kappa shape index (κ2) is 6.37. The van der Waals surface area contributed by atoms with Crippen LogP contribution >= 0.6 is 23.1 Å². The van der Waals surface area contributed by atoms with Gasteiger partial charge in [0.25, 0.3) is 5.91 Å². The molecule has 0 saturated carbocycles. The van der Waals surface area contributed by atoms with E-state index in [4.69, 9.17) is 0 Å². The van der Waals surface area contributed by atoms with E-state index in [-0.39, 0.29) is 5.91 Å². The minimum atomic E-state index is -0.0574. The normalized spacial score (nSPS) is 19.6. The lowest BCUT2D eigenvalue weighted by Crippen LogP contribution is -2.34. The van der Waals surface area contributed by atoms with Gasteiger partial charge in [0.15, 0.2) is 0 Å². The Balaban J connectivity index is 1.67. The Hall–Kier alpha value is -1.40. The molecule has 1 saturated heterocycles. The summed E-state index contributed by atoms with van der Waals surface area (Å²) in [6.07, 6.45) is 4.21. The Kier molecular flexibility index (Phi) is 4.32. The number of carbonyl (C=O) groups is 1. The molecule has 104 valence electrons. The first-order valence-corrected chi connectivity index (χ1v) is 8.49. The summed E-state index contributed by atoms with van der Waals surface area (Å²) >= 11 is 3.73. The Labute approximate surface area is 126 Å². The molecular weight excluding hydrogens is 290 g/mol. The van der Waals surface area contributed by atoms with E-state index in [0.29, 0.717) is 11.1 Å². The second-order valence-corrected chi connectivity index (χ2v) is 6.82. The van der Waals surface area contributed by atoms with Crippen molar-refractivity contribution in [2.24, 2.45) is 0 Å². The molecule has 1 aliphatic rings. The third kappa shape index (κ3) is 3.02. The molecule has 6 heteroatoms. The van der Waals surface area contributed by atoms with E-state index in [9.17, 15) is 4.79 Å². The summed E-state index contributed by atoms with van der Waals surface area (Å²) in [6, 6.07) is 5.99. The Bertz CT molecular complexity index is 559. The molecule has 1 fully saturated rings. The van der Waals surface area contributed by atoms with Gasteiger partial charge in [-0.3, -0.25) is 4.79 Å². The summed E-state index contributed by atoms with van der Waals surface area (Å²) in [5.41, 5.74) is 0. The third-order valence-electron chi connectivity index (χ3n) is 3.25. The predicted molar refractivity (Wildman–Crippen MR) is 82.1 cm³/mol. The topological polar surface area (TPSA) is 46.1 Å². The molecular formula is C14H15N3OS2. The van der Waals surface area contributed by atoms with Crippen molar-refractivity contribution in [1.82, 2.24) is 14.9 Å². The third-order valence-corrected chi connectivity index (χ3v) is 5.69. The predicted octanol–water partition coefficient (Wildman–Crippen LogP) is 2.86. The molecule has 0 unspecified atom stereocenters. The highest BCUT2D eigenvalue weighted by Gasteiger charge is 2.24. The van der Waals surface area contributed by atoms with E-state index in [1.54, 1.807) is 29.8 Å². The molecule has 0 radical (unpaired) electrons. The minimum absolute atomic E-state index is 0.0574. The molecule has 0 bridgehead atoms. The molecule has 0 N–H and O–H groups in total. The first-order valence-electron chi connectivity index (χ1n) is 6.56. The summed E-state index contributed by atoms with van der Waals surface area (Å²) in [5, 5.41) is 2.62. The monoisotopic (exact) mass is 305 g/mol. The first kappa shape index (κ1) is 13.6. The number of amides is 1. The van der Waals surface area contributed by atoms with Crippen LogP contribution in [-0.2, 0) is 0 Å². The summed E-state index contributed by atoms with van der Waals surface area (Å²) in [5.74, 6) is 1.20. The van der Waals surface area contributed by atoms with Crippen molar-refractivity contribution in [2.45, 2.75) is 11.7 Å². The van der Waals surface area contributed by atoms with Crippen LogP contribution in [-0.4, -0.2) is 39.6 Å². The Morgan fingerprint density at radius 2 is 2.10 bits per heavy atom. The largest absolute Gasteiger partial charge is 0.335 e. The van der Waals surface area contributed by atoms with Gasteiger partial charge in [0, 0.05) is 41.4 Å². The van der Waals surface area contributed by atoms with Crippen LogP contribution in [0.2, 0.25) is 0 Å². The fraction of sp³-hybridized carbons (Fsp3) is 0.357. The van der Waals surface area contributed by atoms with Crippen LogP contribution in [0.25, 0.3) is 0 Å². The highest BCUT2D eigenvalue weighted by Crippen LogP contribution is 2.36.